The first-order valence-corrected chi connectivity index (χ1v) is 7.77. The van der Waals surface area contributed by atoms with E-state index >= 15 is 0 Å². The van der Waals surface area contributed by atoms with E-state index < -0.39 is 0 Å². The summed E-state index contributed by atoms with van der Waals surface area (Å²) in [5.41, 5.74) is 9.18. The molecule has 1 aliphatic carbocycles. The van der Waals surface area contributed by atoms with Crippen molar-refractivity contribution in [1.29, 1.82) is 0 Å². The van der Waals surface area contributed by atoms with Crippen LogP contribution in [0.25, 0.3) is 0 Å². The summed E-state index contributed by atoms with van der Waals surface area (Å²) in [6.45, 7) is 4.30. The Morgan fingerprint density at radius 2 is 2.20 bits per heavy atom. The maximum absolute atomic E-state index is 9.05. The molecule has 3 N–H and O–H groups in total. The fourth-order valence-electron chi connectivity index (χ4n) is 2.66. The topological polar surface area (TPSA) is 49.5 Å². The van der Waals surface area contributed by atoms with E-state index in [4.69, 9.17) is 23.1 Å². The second-order valence-corrected chi connectivity index (χ2v) is 6.08. The first kappa shape index (κ1) is 15.4. The maximum Gasteiger partial charge on any atom is 0.103 e. The molecule has 1 fully saturated rings. The molecule has 0 spiro atoms. The van der Waals surface area contributed by atoms with Crippen LogP contribution in [0.3, 0.4) is 0 Å². The van der Waals surface area contributed by atoms with Crippen LogP contribution >= 0.6 is 12.2 Å². The molecule has 1 aromatic rings. The van der Waals surface area contributed by atoms with Gasteiger partial charge in [-0.15, -0.1) is 0 Å². The Morgan fingerprint density at radius 1 is 1.45 bits per heavy atom. The summed E-state index contributed by atoms with van der Waals surface area (Å²) in [7, 11) is 0. The quantitative estimate of drug-likeness (QED) is 0.758. The van der Waals surface area contributed by atoms with E-state index in [1.165, 1.54) is 30.4 Å². The summed E-state index contributed by atoms with van der Waals surface area (Å²) < 4.78 is 0. The zero-order chi connectivity index (χ0) is 14.5. The van der Waals surface area contributed by atoms with E-state index in [0.29, 0.717) is 11.0 Å². The van der Waals surface area contributed by atoms with Crippen LogP contribution in [0, 0.1) is 6.92 Å². The minimum Gasteiger partial charge on any atom is -0.396 e. The maximum atomic E-state index is 9.05. The summed E-state index contributed by atoms with van der Waals surface area (Å²) >= 11 is 5.02. The van der Waals surface area contributed by atoms with Crippen molar-refractivity contribution >= 4 is 17.2 Å². The zero-order valence-electron chi connectivity index (χ0n) is 12.1. The monoisotopic (exact) mass is 292 g/mol. The van der Waals surface area contributed by atoms with Gasteiger partial charge in [0.05, 0.1) is 0 Å². The third kappa shape index (κ3) is 3.78. The van der Waals surface area contributed by atoms with Crippen LogP contribution < -0.4 is 5.73 Å². The number of hydrogen-bond acceptors (Lipinski definition) is 3. The van der Waals surface area contributed by atoms with Gasteiger partial charge in [-0.2, -0.15) is 0 Å². The van der Waals surface area contributed by atoms with Crippen LogP contribution in [0.4, 0.5) is 0 Å². The Balaban J connectivity index is 2.07. The molecule has 1 aromatic carbocycles. The van der Waals surface area contributed by atoms with Crippen molar-refractivity contribution in [2.24, 2.45) is 5.73 Å². The van der Waals surface area contributed by atoms with Crippen molar-refractivity contribution < 1.29 is 5.11 Å². The highest BCUT2D eigenvalue weighted by atomic mass is 32.1. The van der Waals surface area contributed by atoms with E-state index in [1.807, 2.05) is 6.07 Å². The zero-order valence-corrected chi connectivity index (χ0v) is 13.0. The highest BCUT2D eigenvalue weighted by Crippen LogP contribution is 2.27. The van der Waals surface area contributed by atoms with Crippen molar-refractivity contribution in [2.45, 2.75) is 45.2 Å². The minimum absolute atomic E-state index is 0.266. The highest BCUT2D eigenvalue weighted by molar-refractivity contribution is 7.80. The van der Waals surface area contributed by atoms with Crippen molar-refractivity contribution in [1.82, 2.24) is 4.90 Å². The number of aryl methyl sites for hydroxylation is 1. The van der Waals surface area contributed by atoms with E-state index in [1.54, 1.807) is 0 Å². The lowest BCUT2D eigenvalue weighted by atomic mass is 9.90. The Labute approximate surface area is 126 Å². The Kier molecular flexibility index (Phi) is 5.52. The third-order valence-corrected chi connectivity index (χ3v) is 4.43. The van der Waals surface area contributed by atoms with E-state index in [0.717, 1.165) is 25.1 Å². The minimum atomic E-state index is 0.266. The molecular weight excluding hydrogens is 268 g/mol. The van der Waals surface area contributed by atoms with E-state index in [-0.39, 0.29) is 6.61 Å². The van der Waals surface area contributed by atoms with Gasteiger partial charge in [0.15, 0.2) is 0 Å². The second-order valence-electron chi connectivity index (χ2n) is 5.64. The molecule has 1 saturated carbocycles. The molecule has 4 heteroatoms. The van der Waals surface area contributed by atoms with Gasteiger partial charge < -0.3 is 10.8 Å². The first-order chi connectivity index (χ1) is 9.61. The Hall–Kier alpha value is -0.970. The molecule has 0 saturated heterocycles. The van der Waals surface area contributed by atoms with Gasteiger partial charge in [0.1, 0.15) is 4.99 Å². The third-order valence-electron chi connectivity index (χ3n) is 4.20. The predicted molar refractivity (Wildman–Crippen MR) is 86.8 cm³/mol. The summed E-state index contributed by atoms with van der Waals surface area (Å²) in [6.07, 6.45) is 4.76. The highest BCUT2D eigenvalue weighted by Gasteiger charge is 2.24. The molecule has 0 amide bonds. The number of aliphatic hydroxyl groups excluding tert-OH is 1. The predicted octanol–water partition coefficient (Wildman–Crippen LogP) is 2.37. The van der Waals surface area contributed by atoms with E-state index in [2.05, 4.69) is 24.0 Å². The smallest absolute Gasteiger partial charge is 0.103 e. The molecule has 20 heavy (non-hydrogen) atoms. The molecule has 0 radical (unpaired) electrons. The fraction of sp³-hybridized carbons (Fsp3) is 0.562. The van der Waals surface area contributed by atoms with Gasteiger partial charge in [0, 0.05) is 31.3 Å². The van der Waals surface area contributed by atoms with Gasteiger partial charge in [-0.05, 0) is 43.4 Å². The SMILES string of the molecule is Cc1cc(C(N)=S)ccc1CN(CCCO)C1CCC1. The van der Waals surface area contributed by atoms with Crippen LogP contribution in [0.2, 0.25) is 0 Å². The van der Waals surface area contributed by atoms with Crippen LogP contribution in [0.5, 0.6) is 0 Å². The molecule has 0 aliphatic heterocycles. The van der Waals surface area contributed by atoms with Crippen molar-refractivity contribution in [3.63, 3.8) is 0 Å². The van der Waals surface area contributed by atoms with Gasteiger partial charge in [-0.25, -0.2) is 0 Å². The molecule has 3 nitrogen and oxygen atoms in total. The number of rotatable bonds is 7. The van der Waals surface area contributed by atoms with Gasteiger partial charge in [0.25, 0.3) is 0 Å². The van der Waals surface area contributed by atoms with Gasteiger partial charge >= 0.3 is 0 Å². The normalized spacial score (nSPS) is 15.3. The summed E-state index contributed by atoms with van der Waals surface area (Å²) in [4.78, 5) is 2.96. The number of benzene rings is 1. The summed E-state index contributed by atoms with van der Waals surface area (Å²) in [5.74, 6) is 0. The molecule has 0 unspecified atom stereocenters. The first-order valence-electron chi connectivity index (χ1n) is 7.36. The molecule has 0 bridgehead atoms. The average molecular weight is 292 g/mol. The summed E-state index contributed by atoms with van der Waals surface area (Å²) in [6, 6.07) is 6.91. The van der Waals surface area contributed by atoms with Gasteiger partial charge in [0.2, 0.25) is 0 Å². The molecule has 110 valence electrons. The summed E-state index contributed by atoms with van der Waals surface area (Å²) in [5, 5.41) is 9.05. The van der Waals surface area contributed by atoms with Crippen molar-refractivity contribution in [3.8, 4) is 0 Å². The number of nitrogens with zero attached hydrogens (tertiary/aromatic N) is 1. The molecule has 2 rings (SSSR count). The van der Waals surface area contributed by atoms with Crippen LogP contribution in [-0.4, -0.2) is 34.2 Å². The van der Waals surface area contributed by atoms with Crippen molar-refractivity contribution in [2.75, 3.05) is 13.2 Å². The Bertz CT molecular complexity index is 472. The lowest BCUT2D eigenvalue weighted by molar-refractivity contribution is 0.109. The molecule has 1 aliphatic rings. The van der Waals surface area contributed by atoms with Crippen LogP contribution in [0.1, 0.15) is 42.4 Å². The van der Waals surface area contributed by atoms with Crippen LogP contribution in [0.15, 0.2) is 18.2 Å². The van der Waals surface area contributed by atoms with Crippen molar-refractivity contribution in [3.05, 3.63) is 34.9 Å². The molecule has 0 heterocycles. The second kappa shape index (κ2) is 7.16. The van der Waals surface area contributed by atoms with Crippen LogP contribution in [-0.2, 0) is 6.54 Å². The number of thiocarbonyl (C=S) groups is 1. The molecule has 0 aromatic heterocycles. The molecular formula is C16H24N2OS. The number of nitrogens with two attached hydrogens (primary N) is 1. The molecule has 0 atom stereocenters. The lowest BCUT2D eigenvalue weighted by Gasteiger charge is -2.38. The number of aliphatic hydroxyl groups is 1. The van der Waals surface area contributed by atoms with E-state index in [9.17, 15) is 0 Å². The largest absolute Gasteiger partial charge is 0.396 e. The lowest BCUT2D eigenvalue weighted by Crippen LogP contribution is -2.40. The van der Waals surface area contributed by atoms with Gasteiger partial charge in [-0.3, -0.25) is 4.90 Å². The standard InChI is InChI=1S/C16H24N2OS/c1-12-10-13(16(17)20)6-7-14(12)11-18(8-3-9-19)15-4-2-5-15/h6-7,10,15,19H,2-5,8-9,11H2,1H3,(H2,17,20). The Morgan fingerprint density at radius 3 is 2.70 bits per heavy atom. The van der Waals surface area contributed by atoms with Gasteiger partial charge in [-0.1, -0.05) is 30.8 Å². The fourth-order valence-corrected chi connectivity index (χ4v) is 2.79. The average Bonchev–Trinajstić information content (AvgIpc) is 2.35. The number of hydrogen-bond donors (Lipinski definition) is 2.